The van der Waals surface area contributed by atoms with E-state index < -0.39 is 6.17 Å². The Bertz CT molecular complexity index is 371. The van der Waals surface area contributed by atoms with Crippen LogP contribution in [0.4, 0.5) is 0 Å². The number of nitrogens with zero attached hydrogens (tertiary/aromatic N) is 4. The Balaban J connectivity index is 3.21. The fraction of sp³-hybridized carbons (Fsp3) is 0.700. The van der Waals surface area contributed by atoms with E-state index in [0.29, 0.717) is 5.57 Å². The third-order valence-electron chi connectivity index (χ3n) is 2.65. The summed E-state index contributed by atoms with van der Waals surface area (Å²) >= 11 is 0. The van der Waals surface area contributed by atoms with E-state index in [0.717, 1.165) is 5.57 Å². The van der Waals surface area contributed by atoms with Crippen molar-refractivity contribution in [1.82, 2.24) is 4.90 Å². The summed E-state index contributed by atoms with van der Waals surface area (Å²) in [6.07, 6.45) is -0.470. The van der Waals surface area contributed by atoms with Gasteiger partial charge in [0, 0.05) is 16.0 Å². The highest BCUT2D eigenvalue weighted by atomic mass is 16.2. The molecule has 0 spiro atoms. The molecule has 82 valence electrons. The van der Waals surface area contributed by atoms with E-state index in [1.54, 1.807) is 11.8 Å². The summed E-state index contributed by atoms with van der Waals surface area (Å²) in [7, 11) is 0. The fourth-order valence-corrected chi connectivity index (χ4v) is 1.71. The summed E-state index contributed by atoms with van der Waals surface area (Å²) in [6, 6.07) is 0. The highest BCUT2D eigenvalue weighted by Gasteiger charge is 2.40. The molecule has 0 N–H and O–H groups in total. The molecule has 1 heterocycles. The minimum absolute atomic E-state index is 0.0441. The molecule has 15 heavy (non-hydrogen) atoms. The third kappa shape index (κ3) is 1.83. The average Bonchev–Trinajstić information content (AvgIpc) is 2.30. The molecule has 1 rings (SSSR count). The molecule has 0 fully saturated rings. The van der Waals surface area contributed by atoms with Gasteiger partial charge in [0.1, 0.15) is 6.17 Å². The molecule has 1 amide bonds. The van der Waals surface area contributed by atoms with Gasteiger partial charge in [-0.25, -0.2) is 0 Å². The average molecular weight is 208 g/mol. The number of rotatable bonds is 1. The molecule has 0 radical (unpaired) electrons. The van der Waals surface area contributed by atoms with Gasteiger partial charge in [-0.2, -0.15) is 0 Å². The molecule has 0 bridgehead atoms. The molecule has 1 aliphatic rings. The normalized spacial score (nSPS) is 22.1. The zero-order valence-electron chi connectivity index (χ0n) is 9.77. The fourth-order valence-electron chi connectivity index (χ4n) is 1.71. The predicted molar refractivity (Wildman–Crippen MR) is 57.9 cm³/mol. The third-order valence-corrected chi connectivity index (χ3v) is 2.65. The zero-order chi connectivity index (χ0) is 11.8. The first-order valence-electron chi connectivity index (χ1n) is 4.86. The van der Waals surface area contributed by atoms with Crippen LogP contribution < -0.4 is 0 Å². The Labute approximate surface area is 89.4 Å². The van der Waals surface area contributed by atoms with Gasteiger partial charge in [0.2, 0.25) is 0 Å². The first-order chi connectivity index (χ1) is 6.80. The molecule has 1 aliphatic heterocycles. The Morgan fingerprint density at radius 1 is 1.40 bits per heavy atom. The lowest BCUT2D eigenvalue weighted by atomic mass is 10.1. The summed E-state index contributed by atoms with van der Waals surface area (Å²) in [5.74, 6) is -0.0441. The van der Waals surface area contributed by atoms with Crippen LogP contribution in [0.2, 0.25) is 0 Å². The van der Waals surface area contributed by atoms with Gasteiger partial charge in [0.15, 0.2) is 0 Å². The summed E-state index contributed by atoms with van der Waals surface area (Å²) < 4.78 is 0. The smallest absolute Gasteiger partial charge is 0.250 e. The van der Waals surface area contributed by atoms with Crippen molar-refractivity contribution in [2.75, 3.05) is 0 Å². The van der Waals surface area contributed by atoms with E-state index in [1.807, 2.05) is 27.7 Å². The monoisotopic (exact) mass is 208 g/mol. The van der Waals surface area contributed by atoms with E-state index in [1.165, 1.54) is 0 Å². The molecule has 1 atom stereocenters. The van der Waals surface area contributed by atoms with Crippen molar-refractivity contribution >= 4 is 5.91 Å². The second-order valence-corrected chi connectivity index (χ2v) is 4.73. The Morgan fingerprint density at radius 3 is 2.33 bits per heavy atom. The minimum Gasteiger partial charge on any atom is -0.321 e. The minimum atomic E-state index is -0.470. The van der Waals surface area contributed by atoms with Crippen LogP contribution in [-0.2, 0) is 4.79 Å². The van der Waals surface area contributed by atoms with Crippen molar-refractivity contribution in [3.63, 3.8) is 0 Å². The van der Waals surface area contributed by atoms with Crippen molar-refractivity contribution in [2.24, 2.45) is 5.11 Å². The van der Waals surface area contributed by atoms with Gasteiger partial charge in [-0.1, -0.05) is 5.11 Å². The number of carbonyl (C=O) groups excluding carboxylic acids is 1. The van der Waals surface area contributed by atoms with E-state index in [9.17, 15) is 4.79 Å². The lowest BCUT2D eigenvalue weighted by Crippen LogP contribution is -2.47. The van der Waals surface area contributed by atoms with E-state index in [-0.39, 0.29) is 11.4 Å². The van der Waals surface area contributed by atoms with Crippen LogP contribution >= 0.6 is 0 Å². The van der Waals surface area contributed by atoms with Gasteiger partial charge in [-0.05, 0) is 45.7 Å². The van der Waals surface area contributed by atoms with E-state index in [4.69, 9.17) is 5.53 Å². The molecule has 0 saturated heterocycles. The van der Waals surface area contributed by atoms with Crippen LogP contribution in [0.15, 0.2) is 16.3 Å². The molecule has 5 heteroatoms. The Kier molecular flexibility index (Phi) is 2.77. The predicted octanol–water partition coefficient (Wildman–Crippen LogP) is 2.60. The molecule has 0 aromatic heterocycles. The maximum atomic E-state index is 11.9. The first-order valence-corrected chi connectivity index (χ1v) is 4.86. The number of hydrogen-bond acceptors (Lipinski definition) is 2. The van der Waals surface area contributed by atoms with Crippen LogP contribution in [0.3, 0.4) is 0 Å². The summed E-state index contributed by atoms with van der Waals surface area (Å²) in [4.78, 5) is 16.4. The van der Waals surface area contributed by atoms with Crippen LogP contribution in [-0.4, -0.2) is 22.5 Å². The number of azide groups is 1. The van der Waals surface area contributed by atoms with E-state index in [2.05, 4.69) is 10.0 Å². The second kappa shape index (κ2) is 3.59. The maximum absolute atomic E-state index is 11.9. The van der Waals surface area contributed by atoms with Crippen molar-refractivity contribution in [2.45, 2.75) is 46.3 Å². The molecule has 5 nitrogen and oxygen atoms in total. The van der Waals surface area contributed by atoms with Crippen molar-refractivity contribution in [1.29, 1.82) is 0 Å². The SMILES string of the molecule is CC1=C(C)C(N=[N+]=[N-])N(C(C)(C)C)C1=O. The topological polar surface area (TPSA) is 69.1 Å². The Morgan fingerprint density at radius 2 is 1.93 bits per heavy atom. The van der Waals surface area contributed by atoms with Crippen LogP contribution in [0.5, 0.6) is 0 Å². The molecular weight excluding hydrogens is 192 g/mol. The van der Waals surface area contributed by atoms with Gasteiger partial charge in [-0.15, -0.1) is 0 Å². The molecule has 1 unspecified atom stereocenters. The summed E-state index contributed by atoms with van der Waals surface area (Å²) in [6.45, 7) is 9.38. The van der Waals surface area contributed by atoms with Crippen molar-refractivity contribution in [3.05, 3.63) is 21.6 Å². The maximum Gasteiger partial charge on any atom is 0.250 e. The van der Waals surface area contributed by atoms with Crippen LogP contribution in [0.25, 0.3) is 10.4 Å². The Hall–Kier alpha value is -1.48. The second-order valence-electron chi connectivity index (χ2n) is 4.73. The zero-order valence-corrected chi connectivity index (χ0v) is 9.77. The van der Waals surface area contributed by atoms with Gasteiger partial charge >= 0.3 is 0 Å². The van der Waals surface area contributed by atoms with Gasteiger partial charge in [0.05, 0.1) is 0 Å². The summed E-state index contributed by atoms with van der Waals surface area (Å²) in [5, 5.41) is 3.68. The van der Waals surface area contributed by atoms with Crippen molar-refractivity contribution in [3.8, 4) is 0 Å². The molecule has 0 aromatic rings. The molecular formula is C10H16N4O. The van der Waals surface area contributed by atoms with Gasteiger partial charge in [0.25, 0.3) is 5.91 Å². The highest BCUT2D eigenvalue weighted by Crippen LogP contribution is 2.32. The highest BCUT2D eigenvalue weighted by molar-refractivity contribution is 5.97. The van der Waals surface area contributed by atoms with Crippen LogP contribution in [0.1, 0.15) is 34.6 Å². The van der Waals surface area contributed by atoms with Crippen molar-refractivity contribution < 1.29 is 4.79 Å². The van der Waals surface area contributed by atoms with Gasteiger partial charge in [-0.3, -0.25) is 4.79 Å². The summed E-state index contributed by atoms with van der Waals surface area (Å²) in [5.41, 5.74) is 9.68. The van der Waals surface area contributed by atoms with Gasteiger partial charge < -0.3 is 4.90 Å². The quantitative estimate of drug-likeness (QED) is 0.371. The van der Waals surface area contributed by atoms with E-state index >= 15 is 0 Å². The lowest BCUT2D eigenvalue weighted by Gasteiger charge is -2.36. The van der Waals surface area contributed by atoms with Crippen LogP contribution in [0, 0.1) is 0 Å². The molecule has 0 saturated carbocycles. The largest absolute Gasteiger partial charge is 0.321 e. The number of hydrogen-bond donors (Lipinski definition) is 0. The molecule has 0 aliphatic carbocycles. The number of carbonyl (C=O) groups is 1. The lowest BCUT2D eigenvalue weighted by molar-refractivity contribution is -0.131. The standard InChI is InChI=1S/C10H16N4O/c1-6-7(2)9(15)14(10(3,4)5)8(6)12-13-11/h8H,1-5H3. The molecule has 0 aromatic carbocycles. The first kappa shape index (κ1) is 11.6. The number of amides is 1.